The van der Waals surface area contributed by atoms with E-state index in [4.69, 9.17) is 0 Å². The van der Waals surface area contributed by atoms with Gasteiger partial charge in [0, 0.05) is 39.5 Å². The summed E-state index contributed by atoms with van der Waals surface area (Å²) in [6, 6.07) is 5.02. The lowest BCUT2D eigenvalue weighted by atomic mass is 9.98. The maximum atomic E-state index is 13.7. The second-order valence-corrected chi connectivity index (χ2v) is 8.77. The first-order valence-corrected chi connectivity index (χ1v) is 11.0. The molecule has 1 atom stereocenters. The molecule has 3 nitrogen and oxygen atoms in total. The zero-order valence-electron chi connectivity index (χ0n) is 19.1. The van der Waals surface area contributed by atoms with Crippen LogP contribution in [0.1, 0.15) is 41.1 Å². The summed E-state index contributed by atoms with van der Waals surface area (Å²) in [6.45, 7) is -0.493. The van der Waals surface area contributed by atoms with E-state index in [1.807, 2.05) is 0 Å². The molecule has 1 saturated heterocycles. The van der Waals surface area contributed by atoms with Crippen molar-refractivity contribution in [3.8, 4) is 0 Å². The highest BCUT2D eigenvalue weighted by Gasteiger charge is 2.40. The molecule has 1 unspecified atom stereocenters. The van der Waals surface area contributed by atoms with E-state index in [2.05, 4.69) is 0 Å². The van der Waals surface area contributed by atoms with Gasteiger partial charge in [0.1, 0.15) is 11.9 Å². The second kappa shape index (κ2) is 10.3. The highest BCUT2D eigenvalue weighted by atomic mass is 19.4. The van der Waals surface area contributed by atoms with Gasteiger partial charge in [-0.05, 0) is 47.9 Å². The van der Waals surface area contributed by atoms with Crippen LogP contribution >= 0.6 is 0 Å². The number of hydrogen-bond donors (Lipinski definition) is 0. The number of carbonyl (C=O) groups is 1. The zero-order chi connectivity index (χ0) is 26.9. The summed E-state index contributed by atoms with van der Waals surface area (Å²) in [5.74, 6) is -4.07. The summed E-state index contributed by atoms with van der Waals surface area (Å²) < 4.78 is 120. The average Bonchev–Trinajstić information content (AvgIpc) is 2.78. The van der Waals surface area contributed by atoms with Gasteiger partial charge in [-0.3, -0.25) is 9.69 Å². The summed E-state index contributed by atoms with van der Waals surface area (Å²) in [4.78, 5) is 15.9. The third-order valence-electron chi connectivity index (χ3n) is 6.07. The first-order valence-electron chi connectivity index (χ1n) is 11.0. The minimum absolute atomic E-state index is 0.0229. The van der Waals surface area contributed by atoms with Gasteiger partial charge in [-0.25, -0.2) is 13.2 Å². The SMILES string of the molecule is CN(CCc1cc(C(F)(F)F)cc(C(F)(F)F)c1)C(=O)C(c1ccc(F)cc1)N1CCC(F)(F)CC1. The number of rotatable bonds is 6. The molecule has 2 aromatic carbocycles. The Hall–Kier alpha value is -2.76. The highest BCUT2D eigenvalue weighted by Crippen LogP contribution is 2.37. The van der Waals surface area contributed by atoms with E-state index in [1.165, 1.54) is 24.1 Å². The number of hydrogen-bond acceptors (Lipinski definition) is 2. The predicted molar refractivity (Wildman–Crippen MR) is 113 cm³/mol. The number of alkyl halides is 8. The van der Waals surface area contributed by atoms with Crippen molar-refractivity contribution in [2.24, 2.45) is 0 Å². The van der Waals surface area contributed by atoms with Crippen molar-refractivity contribution in [3.63, 3.8) is 0 Å². The first kappa shape index (κ1) is 27.8. The molecule has 0 saturated carbocycles. The zero-order valence-corrected chi connectivity index (χ0v) is 19.1. The van der Waals surface area contributed by atoms with Gasteiger partial charge in [0.05, 0.1) is 11.1 Å². The number of likely N-dealkylation sites (N-methyl/N-ethyl adjacent to an activating group) is 1. The van der Waals surface area contributed by atoms with E-state index in [1.54, 1.807) is 0 Å². The van der Waals surface area contributed by atoms with E-state index < -0.39 is 60.0 Å². The minimum atomic E-state index is -5.00. The van der Waals surface area contributed by atoms with Crippen molar-refractivity contribution >= 4 is 5.91 Å². The number of piperidine rings is 1. The molecule has 1 heterocycles. The van der Waals surface area contributed by atoms with Crippen LogP contribution in [0.25, 0.3) is 0 Å². The summed E-state index contributed by atoms with van der Waals surface area (Å²) in [5.41, 5.74) is -2.86. The van der Waals surface area contributed by atoms with Crippen molar-refractivity contribution in [2.75, 3.05) is 26.7 Å². The summed E-state index contributed by atoms with van der Waals surface area (Å²) in [7, 11) is 1.32. The fourth-order valence-corrected chi connectivity index (χ4v) is 4.04. The normalized spacial score (nSPS) is 17.6. The van der Waals surface area contributed by atoms with Crippen LogP contribution in [-0.4, -0.2) is 48.3 Å². The molecule has 0 N–H and O–H groups in total. The van der Waals surface area contributed by atoms with Crippen molar-refractivity contribution in [2.45, 2.75) is 43.6 Å². The summed E-state index contributed by atoms with van der Waals surface area (Å²) >= 11 is 0. The van der Waals surface area contributed by atoms with E-state index in [0.717, 1.165) is 17.0 Å². The molecule has 36 heavy (non-hydrogen) atoms. The van der Waals surface area contributed by atoms with Gasteiger partial charge in [0.25, 0.3) is 5.92 Å². The van der Waals surface area contributed by atoms with Crippen LogP contribution in [0.2, 0.25) is 0 Å². The Morgan fingerprint density at radius 2 is 1.44 bits per heavy atom. The van der Waals surface area contributed by atoms with Crippen LogP contribution in [0.15, 0.2) is 42.5 Å². The third kappa shape index (κ3) is 6.92. The summed E-state index contributed by atoms with van der Waals surface area (Å²) in [6.07, 6.45) is -11.3. The van der Waals surface area contributed by atoms with E-state index in [-0.39, 0.29) is 37.7 Å². The number of likely N-dealkylation sites (tertiary alicyclic amines) is 1. The Balaban J connectivity index is 1.82. The Kier molecular flexibility index (Phi) is 7.97. The Bertz CT molecular complexity index is 1020. The van der Waals surface area contributed by atoms with E-state index >= 15 is 0 Å². The lowest BCUT2D eigenvalue weighted by molar-refractivity contribution is -0.143. The molecule has 3 rings (SSSR count). The minimum Gasteiger partial charge on any atom is -0.344 e. The molecule has 0 aliphatic carbocycles. The molecule has 12 heteroatoms. The number of benzene rings is 2. The predicted octanol–water partition coefficient (Wildman–Crippen LogP) is 6.34. The lowest BCUT2D eigenvalue weighted by Crippen LogP contribution is -2.47. The number of amides is 1. The van der Waals surface area contributed by atoms with Gasteiger partial charge in [-0.2, -0.15) is 26.3 Å². The number of halogens is 9. The van der Waals surface area contributed by atoms with Crippen molar-refractivity contribution < 1.29 is 44.3 Å². The van der Waals surface area contributed by atoms with Crippen LogP contribution < -0.4 is 0 Å². The standard InChI is InChI=1S/C24H23F9N2O/c1-34(9-6-15-12-17(23(28,29)30)14-18(13-15)24(31,32)33)21(36)20(16-2-4-19(25)5-3-16)35-10-7-22(26,27)8-11-35/h2-5,12-14,20H,6-11H2,1H3. The van der Waals surface area contributed by atoms with Gasteiger partial charge in [0.2, 0.25) is 5.91 Å². The molecule has 0 spiro atoms. The Labute approximate surface area is 201 Å². The van der Waals surface area contributed by atoms with Crippen LogP contribution in [0.3, 0.4) is 0 Å². The van der Waals surface area contributed by atoms with Crippen LogP contribution in [0, 0.1) is 5.82 Å². The van der Waals surface area contributed by atoms with Crippen molar-refractivity contribution in [1.29, 1.82) is 0 Å². The third-order valence-corrected chi connectivity index (χ3v) is 6.07. The van der Waals surface area contributed by atoms with Gasteiger partial charge in [0.15, 0.2) is 0 Å². The van der Waals surface area contributed by atoms with Gasteiger partial charge in [-0.15, -0.1) is 0 Å². The fourth-order valence-electron chi connectivity index (χ4n) is 4.04. The summed E-state index contributed by atoms with van der Waals surface area (Å²) in [5, 5.41) is 0. The van der Waals surface area contributed by atoms with Crippen LogP contribution in [0.5, 0.6) is 0 Å². The van der Waals surface area contributed by atoms with E-state index in [9.17, 15) is 44.3 Å². The van der Waals surface area contributed by atoms with Crippen LogP contribution in [0.4, 0.5) is 39.5 Å². The van der Waals surface area contributed by atoms with Crippen molar-refractivity contribution in [1.82, 2.24) is 9.80 Å². The molecule has 0 radical (unpaired) electrons. The maximum absolute atomic E-state index is 13.7. The molecular weight excluding hydrogens is 503 g/mol. The van der Waals surface area contributed by atoms with Gasteiger partial charge < -0.3 is 4.90 Å². The molecule has 1 amide bonds. The van der Waals surface area contributed by atoms with Crippen LogP contribution in [-0.2, 0) is 23.6 Å². The topological polar surface area (TPSA) is 23.6 Å². The van der Waals surface area contributed by atoms with Gasteiger partial charge >= 0.3 is 12.4 Å². The van der Waals surface area contributed by atoms with Gasteiger partial charge in [-0.1, -0.05) is 12.1 Å². The molecule has 1 fully saturated rings. The molecule has 0 aromatic heterocycles. The quantitative estimate of drug-likeness (QED) is 0.411. The molecule has 1 aliphatic heterocycles. The monoisotopic (exact) mass is 526 g/mol. The Morgan fingerprint density at radius 1 is 0.944 bits per heavy atom. The molecule has 1 aliphatic rings. The molecule has 0 bridgehead atoms. The number of nitrogens with zero attached hydrogens (tertiary/aromatic N) is 2. The van der Waals surface area contributed by atoms with Crippen molar-refractivity contribution in [3.05, 3.63) is 70.5 Å². The molecule has 198 valence electrons. The second-order valence-electron chi connectivity index (χ2n) is 8.77. The number of carbonyl (C=O) groups excluding carboxylic acids is 1. The Morgan fingerprint density at radius 3 is 1.92 bits per heavy atom. The lowest BCUT2D eigenvalue weighted by Gasteiger charge is -2.38. The molecule has 2 aromatic rings. The average molecular weight is 526 g/mol. The highest BCUT2D eigenvalue weighted by molar-refractivity contribution is 5.83. The maximum Gasteiger partial charge on any atom is 0.416 e. The van der Waals surface area contributed by atoms with E-state index in [0.29, 0.717) is 17.7 Å². The fraction of sp³-hybridized carbons (Fsp3) is 0.458. The smallest absolute Gasteiger partial charge is 0.344 e. The first-order chi connectivity index (χ1) is 16.6. The molecular formula is C24H23F9N2O. The largest absolute Gasteiger partial charge is 0.416 e.